The van der Waals surface area contributed by atoms with E-state index < -0.39 is 0 Å². The van der Waals surface area contributed by atoms with Gasteiger partial charge in [0, 0.05) is 32.4 Å². The number of nitrogens with zero attached hydrogens (tertiary/aromatic N) is 1. The van der Waals surface area contributed by atoms with Crippen LogP contribution in [0.25, 0.3) is 21.8 Å². The van der Waals surface area contributed by atoms with Crippen LogP contribution in [-0.2, 0) is 7.05 Å². The number of hydrogen-bond donors (Lipinski definition) is 0. The van der Waals surface area contributed by atoms with Gasteiger partial charge in [-0.05, 0) is 40.8 Å². The van der Waals surface area contributed by atoms with Crippen LogP contribution in [0, 0.1) is 3.57 Å². The Bertz CT molecular complexity index is 652. The normalized spacial score (nSPS) is 11.3. The molecule has 0 bridgehead atoms. The van der Waals surface area contributed by atoms with Gasteiger partial charge in [-0.3, -0.25) is 0 Å². The smallest absolute Gasteiger partial charge is 0.0499 e. The van der Waals surface area contributed by atoms with Crippen molar-refractivity contribution in [3.63, 3.8) is 0 Å². The van der Waals surface area contributed by atoms with E-state index in [1.165, 1.54) is 25.4 Å². The zero-order valence-electron chi connectivity index (χ0n) is 8.37. The lowest BCUT2D eigenvalue weighted by Crippen LogP contribution is -1.86. The molecule has 3 rings (SSSR count). The second-order valence-electron chi connectivity index (χ2n) is 3.74. The fourth-order valence-electron chi connectivity index (χ4n) is 2.13. The fraction of sp³-hybridized carbons (Fsp3) is 0.0769. The standard InChI is InChI=1S/C13H10IN/c1-15-12-5-3-2-4-10(12)11-7-6-9(14)8-13(11)15/h2-8H,1H3. The SMILES string of the molecule is Cn1c2ccccc2c2ccc(I)cc21. The van der Waals surface area contributed by atoms with Crippen molar-refractivity contribution in [1.82, 2.24) is 4.57 Å². The Hall–Kier alpha value is -1.03. The average molecular weight is 307 g/mol. The van der Waals surface area contributed by atoms with Crippen LogP contribution in [0.15, 0.2) is 42.5 Å². The quantitative estimate of drug-likeness (QED) is 0.555. The van der Waals surface area contributed by atoms with Crippen molar-refractivity contribution in [2.24, 2.45) is 7.05 Å². The van der Waals surface area contributed by atoms with Crippen molar-refractivity contribution < 1.29 is 0 Å². The zero-order valence-corrected chi connectivity index (χ0v) is 10.5. The Morgan fingerprint density at radius 3 is 2.53 bits per heavy atom. The van der Waals surface area contributed by atoms with Crippen LogP contribution in [-0.4, -0.2) is 4.57 Å². The Morgan fingerprint density at radius 1 is 0.933 bits per heavy atom. The molecule has 0 atom stereocenters. The molecule has 3 aromatic rings. The van der Waals surface area contributed by atoms with Gasteiger partial charge >= 0.3 is 0 Å². The summed E-state index contributed by atoms with van der Waals surface area (Å²) < 4.78 is 3.54. The van der Waals surface area contributed by atoms with Crippen molar-refractivity contribution >= 4 is 44.4 Å². The van der Waals surface area contributed by atoms with Crippen LogP contribution in [0.1, 0.15) is 0 Å². The molecule has 0 radical (unpaired) electrons. The van der Waals surface area contributed by atoms with Gasteiger partial charge in [0.15, 0.2) is 0 Å². The highest BCUT2D eigenvalue weighted by atomic mass is 127. The van der Waals surface area contributed by atoms with Gasteiger partial charge in [-0.25, -0.2) is 0 Å². The molecule has 0 aliphatic carbocycles. The van der Waals surface area contributed by atoms with Gasteiger partial charge in [-0.1, -0.05) is 24.3 Å². The third kappa shape index (κ3) is 1.28. The third-order valence-electron chi connectivity index (χ3n) is 2.88. The van der Waals surface area contributed by atoms with Crippen molar-refractivity contribution in [3.8, 4) is 0 Å². The fourth-order valence-corrected chi connectivity index (χ4v) is 2.61. The maximum absolute atomic E-state index is 2.36. The number of benzene rings is 2. The Kier molecular flexibility index (Phi) is 1.99. The molecule has 0 amide bonds. The minimum atomic E-state index is 1.28. The van der Waals surface area contributed by atoms with Gasteiger partial charge in [0.05, 0.1) is 0 Å². The first-order valence-electron chi connectivity index (χ1n) is 4.90. The first kappa shape index (κ1) is 9.21. The molecule has 1 heterocycles. The Balaban J connectivity index is 2.63. The molecule has 1 aromatic heterocycles. The van der Waals surface area contributed by atoms with Crippen LogP contribution < -0.4 is 0 Å². The second kappa shape index (κ2) is 3.23. The largest absolute Gasteiger partial charge is 0.344 e. The van der Waals surface area contributed by atoms with E-state index in [0.29, 0.717) is 0 Å². The number of halogens is 1. The molecule has 2 aromatic carbocycles. The molecule has 0 N–H and O–H groups in total. The number of aromatic nitrogens is 1. The number of para-hydroxylation sites is 1. The lowest BCUT2D eigenvalue weighted by atomic mass is 10.2. The molecule has 0 fully saturated rings. The molecule has 0 aliphatic rings. The Morgan fingerprint density at radius 2 is 1.67 bits per heavy atom. The highest BCUT2D eigenvalue weighted by Gasteiger charge is 2.06. The number of fused-ring (bicyclic) bond motifs is 3. The summed E-state index contributed by atoms with van der Waals surface area (Å²) >= 11 is 2.36. The monoisotopic (exact) mass is 307 g/mol. The molecular formula is C13H10IN. The zero-order chi connectivity index (χ0) is 10.4. The van der Waals surface area contributed by atoms with E-state index in [1.807, 2.05) is 0 Å². The number of rotatable bonds is 0. The van der Waals surface area contributed by atoms with Gasteiger partial charge in [-0.15, -0.1) is 0 Å². The van der Waals surface area contributed by atoms with Gasteiger partial charge < -0.3 is 4.57 Å². The first-order chi connectivity index (χ1) is 7.27. The Labute approximate surface area is 102 Å². The van der Waals surface area contributed by atoms with Gasteiger partial charge in [-0.2, -0.15) is 0 Å². The average Bonchev–Trinajstić information content (AvgIpc) is 2.54. The van der Waals surface area contributed by atoms with Crippen molar-refractivity contribution in [2.75, 3.05) is 0 Å². The molecule has 2 heteroatoms. The number of aryl methyl sites for hydroxylation is 1. The molecule has 0 unspecified atom stereocenters. The van der Waals surface area contributed by atoms with E-state index in [2.05, 4.69) is 76.7 Å². The second-order valence-corrected chi connectivity index (χ2v) is 4.98. The van der Waals surface area contributed by atoms with E-state index in [1.54, 1.807) is 0 Å². The highest BCUT2D eigenvalue weighted by Crippen LogP contribution is 2.28. The minimum absolute atomic E-state index is 1.28. The molecule has 1 nitrogen and oxygen atoms in total. The summed E-state index contributed by atoms with van der Waals surface area (Å²) in [6.07, 6.45) is 0. The molecule has 0 spiro atoms. The van der Waals surface area contributed by atoms with Crippen LogP contribution in [0.5, 0.6) is 0 Å². The molecule has 0 saturated carbocycles. The lowest BCUT2D eigenvalue weighted by Gasteiger charge is -1.97. The molecule has 0 aliphatic heterocycles. The van der Waals surface area contributed by atoms with E-state index >= 15 is 0 Å². The van der Waals surface area contributed by atoms with Gasteiger partial charge in [0.1, 0.15) is 0 Å². The summed E-state index contributed by atoms with van der Waals surface area (Å²) in [7, 11) is 2.13. The molecule has 74 valence electrons. The predicted octanol–water partition coefficient (Wildman–Crippen LogP) is 3.94. The van der Waals surface area contributed by atoms with Crippen LogP contribution >= 0.6 is 22.6 Å². The summed E-state index contributed by atoms with van der Waals surface area (Å²) in [4.78, 5) is 0. The van der Waals surface area contributed by atoms with Crippen molar-refractivity contribution in [2.45, 2.75) is 0 Å². The van der Waals surface area contributed by atoms with Crippen LogP contribution in [0.4, 0.5) is 0 Å². The highest BCUT2D eigenvalue weighted by molar-refractivity contribution is 14.1. The summed E-state index contributed by atoms with van der Waals surface area (Å²) in [6, 6.07) is 15.1. The molecular weight excluding hydrogens is 297 g/mol. The predicted molar refractivity (Wildman–Crippen MR) is 73.1 cm³/mol. The topological polar surface area (TPSA) is 4.93 Å². The third-order valence-corrected chi connectivity index (χ3v) is 3.55. The lowest BCUT2D eigenvalue weighted by molar-refractivity contribution is 1.01. The molecule has 0 saturated heterocycles. The van der Waals surface area contributed by atoms with E-state index in [-0.39, 0.29) is 0 Å². The first-order valence-corrected chi connectivity index (χ1v) is 5.98. The van der Waals surface area contributed by atoms with Gasteiger partial charge in [0.2, 0.25) is 0 Å². The maximum Gasteiger partial charge on any atom is 0.0499 e. The van der Waals surface area contributed by atoms with E-state index in [4.69, 9.17) is 0 Å². The van der Waals surface area contributed by atoms with E-state index in [0.717, 1.165) is 0 Å². The summed E-state index contributed by atoms with van der Waals surface area (Å²) in [5, 5.41) is 2.68. The van der Waals surface area contributed by atoms with Crippen molar-refractivity contribution in [1.29, 1.82) is 0 Å². The number of hydrogen-bond acceptors (Lipinski definition) is 0. The van der Waals surface area contributed by atoms with Crippen molar-refractivity contribution in [3.05, 3.63) is 46.0 Å². The summed E-state index contributed by atoms with van der Waals surface area (Å²) in [6.45, 7) is 0. The van der Waals surface area contributed by atoms with Crippen LogP contribution in [0.2, 0.25) is 0 Å². The molecule has 15 heavy (non-hydrogen) atoms. The minimum Gasteiger partial charge on any atom is -0.344 e. The summed E-state index contributed by atoms with van der Waals surface area (Å²) in [5.41, 5.74) is 2.61. The van der Waals surface area contributed by atoms with Gasteiger partial charge in [0.25, 0.3) is 0 Å². The van der Waals surface area contributed by atoms with Crippen LogP contribution in [0.3, 0.4) is 0 Å². The maximum atomic E-state index is 2.36. The summed E-state index contributed by atoms with van der Waals surface area (Å²) in [5.74, 6) is 0. The van der Waals surface area contributed by atoms with E-state index in [9.17, 15) is 0 Å².